The maximum Gasteiger partial charge on any atom is 0.220 e. The molecule has 5 nitrogen and oxygen atoms in total. The van der Waals surface area contributed by atoms with Crippen LogP contribution < -0.4 is 14.8 Å². The van der Waals surface area contributed by atoms with Crippen molar-refractivity contribution in [2.24, 2.45) is 0 Å². The van der Waals surface area contributed by atoms with Gasteiger partial charge < -0.3 is 14.8 Å². The normalized spacial score (nSPS) is 13.0. The molecule has 1 heterocycles. The minimum Gasteiger partial charge on any atom is -0.486 e. The van der Waals surface area contributed by atoms with E-state index < -0.39 is 0 Å². The van der Waals surface area contributed by atoms with E-state index in [4.69, 9.17) is 9.47 Å². The number of benzene rings is 1. The number of ketones is 1. The van der Waals surface area contributed by atoms with Gasteiger partial charge in [0.05, 0.1) is 0 Å². The van der Waals surface area contributed by atoms with Gasteiger partial charge >= 0.3 is 0 Å². The minimum absolute atomic E-state index is 0.0586. The van der Waals surface area contributed by atoms with Crippen molar-refractivity contribution in [3.05, 3.63) is 23.8 Å². The summed E-state index contributed by atoms with van der Waals surface area (Å²) in [7, 11) is 0. The number of amides is 1. The molecule has 0 aromatic heterocycles. The first kappa shape index (κ1) is 16.3. The van der Waals surface area contributed by atoms with E-state index in [1.807, 2.05) is 13.8 Å². The summed E-state index contributed by atoms with van der Waals surface area (Å²) in [5.41, 5.74) is 0.555. The second-order valence-electron chi connectivity index (χ2n) is 5.36. The largest absolute Gasteiger partial charge is 0.486 e. The minimum atomic E-state index is -0.0698. The van der Waals surface area contributed by atoms with Gasteiger partial charge in [-0.1, -0.05) is 13.8 Å². The lowest BCUT2D eigenvalue weighted by Gasteiger charge is -2.18. The molecular weight excluding hydrogens is 282 g/mol. The molecule has 22 heavy (non-hydrogen) atoms. The van der Waals surface area contributed by atoms with Crippen LogP contribution in [0.2, 0.25) is 0 Å². The molecule has 0 radical (unpaired) electrons. The van der Waals surface area contributed by atoms with E-state index in [-0.39, 0.29) is 30.6 Å². The summed E-state index contributed by atoms with van der Waals surface area (Å²) in [6, 6.07) is 5.34. The van der Waals surface area contributed by atoms with E-state index in [1.54, 1.807) is 18.2 Å². The van der Waals surface area contributed by atoms with Crippen LogP contribution in [0.4, 0.5) is 0 Å². The average Bonchev–Trinajstić information content (AvgIpc) is 2.57. The summed E-state index contributed by atoms with van der Waals surface area (Å²) in [6.07, 6.45) is 2.21. The number of hydrogen-bond acceptors (Lipinski definition) is 4. The zero-order valence-corrected chi connectivity index (χ0v) is 13.2. The maximum atomic E-state index is 12.2. The zero-order chi connectivity index (χ0) is 15.9. The summed E-state index contributed by atoms with van der Waals surface area (Å²) in [4.78, 5) is 24.0. The Balaban J connectivity index is 1.88. The summed E-state index contributed by atoms with van der Waals surface area (Å²) >= 11 is 0. The van der Waals surface area contributed by atoms with Gasteiger partial charge in [-0.05, 0) is 31.0 Å². The van der Waals surface area contributed by atoms with Gasteiger partial charge in [-0.15, -0.1) is 0 Å². The van der Waals surface area contributed by atoms with E-state index >= 15 is 0 Å². The summed E-state index contributed by atoms with van der Waals surface area (Å²) in [5.74, 6) is 1.13. The van der Waals surface area contributed by atoms with E-state index in [9.17, 15) is 9.59 Å². The summed E-state index contributed by atoms with van der Waals surface area (Å²) < 4.78 is 10.9. The molecular formula is C17H23NO4. The number of nitrogens with one attached hydrogen (secondary N) is 1. The van der Waals surface area contributed by atoms with Crippen LogP contribution in [0.25, 0.3) is 0 Å². The second-order valence-corrected chi connectivity index (χ2v) is 5.36. The fraction of sp³-hybridized carbons (Fsp3) is 0.529. The SMILES string of the molecule is CCC(CC)NC(=O)CCC(=O)c1ccc2c(c1)OCCO2. The molecule has 1 N–H and O–H groups in total. The Hall–Kier alpha value is -2.04. The van der Waals surface area contributed by atoms with E-state index in [1.165, 1.54) is 0 Å². The highest BCUT2D eigenvalue weighted by Crippen LogP contribution is 2.31. The van der Waals surface area contributed by atoms with Crippen molar-refractivity contribution in [3.63, 3.8) is 0 Å². The van der Waals surface area contributed by atoms with E-state index in [2.05, 4.69) is 5.32 Å². The Morgan fingerprint density at radius 1 is 1.09 bits per heavy atom. The zero-order valence-electron chi connectivity index (χ0n) is 13.2. The maximum absolute atomic E-state index is 12.2. The Morgan fingerprint density at radius 2 is 1.77 bits per heavy atom. The lowest BCUT2D eigenvalue weighted by Crippen LogP contribution is -2.33. The first-order valence-electron chi connectivity index (χ1n) is 7.86. The molecule has 0 unspecified atom stereocenters. The molecule has 0 atom stereocenters. The van der Waals surface area contributed by atoms with Crippen molar-refractivity contribution in [1.29, 1.82) is 0 Å². The predicted molar refractivity (Wildman–Crippen MR) is 83.5 cm³/mol. The van der Waals surface area contributed by atoms with Gasteiger partial charge in [0.15, 0.2) is 17.3 Å². The molecule has 0 aliphatic carbocycles. The molecule has 0 bridgehead atoms. The Labute approximate surface area is 131 Å². The molecule has 0 saturated heterocycles. The molecule has 1 amide bonds. The van der Waals surface area contributed by atoms with Gasteiger partial charge in [-0.25, -0.2) is 0 Å². The average molecular weight is 305 g/mol. The molecule has 0 fully saturated rings. The standard InChI is InChI=1S/C17H23NO4/c1-3-13(4-2)18-17(20)8-6-14(19)12-5-7-15-16(11-12)22-10-9-21-15/h5,7,11,13H,3-4,6,8-10H2,1-2H3,(H,18,20). The number of ether oxygens (including phenoxy) is 2. The molecule has 1 aliphatic heterocycles. The number of carbonyl (C=O) groups is 2. The van der Waals surface area contributed by atoms with Crippen molar-refractivity contribution in [2.45, 2.75) is 45.6 Å². The monoisotopic (exact) mass is 305 g/mol. The summed E-state index contributed by atoms with van der Waals surface area (Å²) in [6.45, 7) is 5.09. The summed E-state index contributed by atoms with van der Waals surface area (Å²) in [5, 5.41) is 2.94. The van der Waals surface area contributed by atoms with Gasteiger partial charge in [-0.3, -0.25) is 9.59 Å². The number of rotatable bonds is 7. The molecule has 120 valence electrons. The van der Waals surface area contributed by atoms with Crippen LogP contribution in [0.1, 0.15) is 49.9 Å². The second kappa shape index (κ2) is 7.82. The lowest BCUT2D eigenvalue weighted by atomic mass is 10.1. The number of carbonyl (C=O) groups excluding carboxylic acids is 2. The van der Waals surface area contributed by atoms with Gasteiger partial charge in [0.25, 0.3) is 0 Å². The van der Waals surface area contributed by atoms with Crippen LogP contribution in [-0.4, -0.2) is 30.9 Å². The van der Waals surface area contributed by atoms with E-state index in [0.29, 0.717) is 30.3 Å². The smallest absolute Gasteiger partial charge is 0.220 e. The van der Waals surface area contributed by atoms with E-state index in [0.717, 1.165) is 12.8 Å². The molecule has 2 rings (SSSR count). The fourth-order valence-electron chi connectivity index (χ4n) is 2.38. The van der Waals surface area contributed by atoms with Crippen molar-refractivity contribution in [1.82, 2.24) is 5.32 Å². The van der Waals surface area contributed by atoms with Gasteiger partial charge in [0, 0.05) is 24.4 Å². The van der Waals surface area contributed by atoms with Crippen molar-refractivity contribution >= 4 is 11.7 Å². The third-order valence-electron chi connectivity index (χ3n) is 3.79. The molecule has 1 aromatic rings. The predicted octanol–water partition coefficient (Wildman–Crippen LogP) is 2.73. The van der Waals surface area contributed by atoms with Crippen LogP contribution in [-0.2, 0) is 4.79 Å². The van der Waals surface area contributed by atoms with Gasteiger partial charge in [0.2, 0.25) is 5.91 Å². The van der Waals surface area contributed by atoms with Crippen LogP contribution in [0, 0.1) is 0 Å². The highest BCUT2D eigenvalue weighted by Gasteiger charge is 2.16. The molecule has 1 aromatic carbocycles. The molecule has 1 aliphatic rings. The van der Waals surface area contributed by atoms with Crippen molar-refractivity contribution in [3.8, 4) is 11.5 Å². The van der Waals surface area contributed by atoms with Crippen LogP contribution >= 0.6 is 0 Å². The third-order valence-corrected chi connectivity index (χ3v) is 3.79. The molecule has 0 spiro atoms. The van der Waals surface area contributed by atoms with Crippen molar-refractivity contribution in [2.75, 3.05) is 13.2 Å². The Morgan fingerprint density at radius 3 is 2.45 bits per heavy atom. The topological polar surface area (TPSA) is 64.6 Å². The number of Topliss-reactive ketones (excluding diaryl/α,β-unsaturated/α-hetero) is 1. The Kier molecular flexibility index (Phi) is 5.81. The first-order valence-corrected chi connectivity index (χ1v) is 7.86. The third kappa shape index (κ3) is 4.23. The number of fused-ring (bicyclic) bond motifs is 1. The molecule has 0 saturated carbocycles. The van der Waals surface area contributed by atoms with Gasteiger partial charge in [0.1, 0.15) is 13.2 Å². The van der Waals surface area contributed by atoms with Crippen molar-refractivity contribution < 1.29 is 19.1 Å². The first-order chi connectivity index (χ1) is 10.6. The highest BCUT2D eigenvalue weighted by molar-refractivity contribution is 5.98. The molecule has 5 heteroatoms. The van der Waals surface area contributed by atoms with Gasteiger partial charge in [-0.2, -0.15) is 0 Å². The van der Waals surface area contributed by atoms with Crippen LogP contribution in [0.15, 0.2) is 18.2 Å². The fourth-order valence-corrected chi connectivity index (χ4v) is 2.38. The van der Waals surface area contributed by atoms with Crippen LogP contribution in [0.3, 0.4) is 0 Å². The number of hydrogen-bond donors (Lipinski definition) is 1. The van der Waals surface area contributed by atoms with Crippen LogP contribution in [0.5, 0.6) is 11.5 Å². The quantitative estimate of drug-likeness (QED) is 0.787. The highest BCUT2D eigenvalue weighted by atomic mass is 16.6. The Bertz CT molecular complexity index is 537. The lowest BCUT2D eigenvalue weighted by molar-refractivity contribution is -0.121.